The number of alkyl halides is 5. The molecule has 0 atom stereocenters. The Kier molecular flexibility index (Phi) is 6.15. The fourth-order valence-electron chi connectivity index (χ4n) is 4.94. The van der Waals surface area contributed by atoms with Crippen LogP contribution in [0.25, 0.3) is 22.3 Å². The topological polar surface area (TPSA) is 97.0 Å². The quantitative estimate of drug-likeness (QED) is 0.390. The standard InChI is InChI=1S/C24H21F5N4O3S/c25-22(26)36-15-5-7-17-18(12-30)21(33(20(17)11-15)14-3-1-2-4-14)19-8-6-16(13-31-19)37(34,35)32-23(9-10-23)24(27,28)29/h5-8,11,13-14,22,32H,1-4,9-10H2. The van der Waals surface area contributed by atoms with E-state index in [1.54, 1.807) is 4.72 Å². The number of benzene rings is 1. The first-order chi connectivity index (χ1) is 17.5. The summed E-state index contributed by atoms with van der Waals surface area (Å²) >= 11 is 0. The average molecular weight is 541 g/mol. The molecule has 2 aromatic heterocycles. The second kappa shape index (κ2) is 8.95. The molecule has 2 heterocycles. The van der Waals surface area contributed by atoms with Crippen molar-refractivity contribution >= 4 is 20.9 Å². The van der Waals surface area contributed by atoms with E-state index in [2.05, 4.69) is 15.8 Å². The van der Waals surface area contributed by atoms with Crippen molar-refractivity contribution in [2.45, 2.75) is 67.8 Å². The first-order valence-corrected chi connectivity index (χ1v) is 13.0. The lowest BCUT2D eigenvalue weighted by molar-refractivity contribution is -0.160. The molecule has 0 aliphatic heterocycles. The lowest BCUT2D eigenvalue weighted by Crippen LogP contribution is -2.47. The van der Waals surface area contributed by atoms with E-state index in [-0.39, 0.29) is 35.9 Å². The van der Waals surface area contributed by atoms with E-state index in [1.165, 1.54) is 24.3 Å². The second-order valence-electron chi connectivity index (χ2n) is 9.27. The molecule has 1 aromatic carbocycles. The molecule has 13 heteroatoms. The maximum Gasteiger partial charge on any atom is 0.407 e. The van der Waals surface area contributed by atoms with E-state index in [1.807, 2.05) is 4.57 Å². The van der Waals surface area contributed by atoms with Crippen LogP contribution in [-0.2, 0) is 10.0 Å². The second-order valence-corrected chi connectivity index (χ2v) is 10.9. The zero-order valence-electron chi connectivity index (χ0n) is 19.2. The van der Waals surface area contributed by atoms with Gasteiger partial charge in [0, 0.05) is 23.7 Å². The molecule has 0 saturated heterocycles. The Balaban J connectivity index is 1.59. The van der Waals surface area contributed by atoms with Gasteiger partial charge in [0.2, 0.25) is 10.0 Å². The summed E-state index contributed by atoms with van der Waals surface area (Å²) in [4.78, 5) is 3.77. The molecule has 37 heavy (non-hydrogen) atoms. The first kappa shape index (κ1) is 25.4. The van der Waals surface area contributed by atoms with Crippen LogP contribution in [0.15, 0.2) is 41.4 Å². The van der Waals surface area contributed by atoms with Crippen molar-refractivity contribution in [1.82, 2.24) is 14.3 Å². The minimum Gasteiger partial charge on any atom is -0.435 e. The average Bonchev–Trinajstić information content (AvgIpc) is 3.29. The highest BCUT2D eigenvalue weighted by atomic mass is 32.2. The number of sulfonamides is 1. The number of nitrogens with zero attached hydrogens (tertiary/aromatic N) is 3. The zero-order chi connectivity index (χ0) is 26.6. The van der Waals surface area contributed by atoms with Gasteiger partial charge in [0.05, 0.1) is 22.5 Å². The molecule has 0 radical (unpaired) electrons. The van der Waals surface area contributed by atoms with Gasteiger partial charge in [-0.05, 0) is 49.9 Å². The predicted octanol–water partition coefficient (Wildman–Crippen LogP) is 5.66. The summed E-state index contributed by atoms with van der Waals surface area (Å²) in [6, 6.07) is 8.82. The van der Waals surface area contributed by atoms with Crippen LogP contribution in [0.3, 0.4) is 0 Å². The summed E-state index contributed by atoms with van der Waals surface area (Å²) in [5, 5.41) is 10.5. The summed E-state index contributed by atoms with van der Waals surface area (Å²) in [6.07, 6.45) is -1.05. The van der Waals surface area contributed by atoms with E-state index < -0.39 is 33.2 Å². The number of hydrogen-bond acceptors (Lipinski definition) is 5. The van der Waals surface area contributed by atoms with E-state index in [0.717, 1.165) is 37.9 Å². The number of pyridine rings is 1. The zero-order valence-corrected chi connectivity index (χ0v) is 20.0. The number of halogens is 5. The third-order valence-electron chi connectivity index (χ3n) is 6.91. The minimum absolute atomic E-state index is 0.0604. The molecular weight excluding hydrogens is 519 g/mol. The molecule has 3 aromatic rings. The van der Waals surface area contributed by atoms with Gasteiger partial charge in [-0.1, -0.05) is 12.8 Å². The van der Waals surface area contributed by atoms with Crippen LogP contribution in [0.1, 0.15) is 50.1 Å². The van der Waals surface area contributed by atoms with Gasteiger partial charge >= 0.3 is 12.8 Å². The van der Waals surface area contributed by atoms with Crippen molar-refractivity contribution in [3.63, 3.8) is 0 Å². The summed E-state index contributed by atoms with van der Waals surface area (Å²) in [7, 11) is -4.51. The van der Waals surface area contributed by atoms with Crippen molar-refractivity contribution in [2.75, 3.05) is 0 Å². The Morgan fingerprint density at radius 2 is 1.86 bits per heavy atom. The Labute approximate surface area is 208 Å². The Bertz CT molecular complexity index is 1480. The van der Waals surface area contributed by atoms with Gasteiger partial charge in [-0.3, -0.25) is 4.98 Å². The highest BCUT2D eigenvalue weighted by molar-refractivity contribution is 7.89. The van der Waals surface area contributed by atoms with Crippen LogP contribution in [-0.4, -0.2) is 36.3 Å². The Hall–Kier alpha value is -3.24. The molecule has 2 aliphatic carbocycles. The highest BCUT2D eigenvalue weighted by Gasteiger charge is 2.65. The van der Waals surface area contributed by atoms with Crippen molar-refractivity contribution < 1.29 is 35.1 Å². The van der Waals surface area contributed by atoms with Gasteiger partial charge in [0.25, 0.3) is 0 Å². The molecule has 5 rings (SSSR count). The maximum atomic E-state index is 13.3. The van der Waals surface area contributed by atoms with Gasteiger partial charge in [-0.15, -0.1) is 0 Å². The van der Waals surface area contributed by atoms with Gasteiger partial charge in [0.15, 0.2) is 0 Å². The third-order valence-corrected chi connectivity index (χ3v) is 8.44. The van der Waals surface area contributed by atoms with Crippen LogP contribution in [0.5, 0.6) is 5.75 Å². The molecule has 1 N–H and O–H groups in total. The molecule has 0 bridgehead atoms. The number of aromatic nitrogens is 2. The fourth-order valence-corrected chi connectivity index (χ4v) is 6.33. The Morgan fingerprint density at radius 1 is 1.16 bits per heavy atom. The van der Waals surface area contributed by atoms with Crippen LogP contribution in [0.2, 0.25) is 0 Å². The lowest BCUT2D eigenvalue weighted by atomic mass is 10.1. The molecule has 2 saturated carbocycles. The summed E-state index contributed by atoms with van der Waals surface area (Å²) in [6.45, 7) is -3.03. The van der Waals surface area contributed by atoms with Crippen molar-refractivity contribution in [3.05, 3.63) is 42.1 Å². The molecule has 0 unspecified atom stereocenters. The smallest absolute Gasteiger partial charge is 0.407 e. The summed E-state index contributed by atoms with van der Waals surface area (Å²) in [5.74, 6) is -0.0746. The Morgan fingerprint density at radius 3 is 2.41 bits per heavy atom. The molecule has 7 nitrogen and oxygen atoms in total. The summed E-state index contributed by atoms with van der Waals surface area (Å²) < 4.78 is 99.0. The number of nitriles is 1. The molecule has 2 aliphatic rings. The van der Waals surface area contributed by atoms with Crippen molar-refractivity contribution in [1.29, 1.82) is 5.26 Å². The van der Waals surface area contributed by atoms with E-state index in [9.17, 15) is 35.6 Å². The molecule has 196 valence electrons. The van der Waals surface area contributed by atoms with Gasteiger partial charge in [-0.25, -0.2) is 8.42 Å². The van der Waals surface area contributed by atoms with Crippen LogP contribution >= 0.6 is 0 Å². The maximum absolute atomic E-state index is 13.3. The lowest BCUT2D eigenvalue weighted by Gasteiger charge is -2.21. The third kappa shape index (κ3) is 4.53. The number of fused-ring (bicyclic) bond motifs is 1. The minimum atomic E-state index is -4.72. The molecule has 0 amide bonds. The van der Waals surface area contributed by atoms with Gasteiger partial charge in [-0.2, -0.15) is 31.9 Å². The van der Waals surface area contributed by atoms with Crippen molar-refractivity contribution in [2.24, 2.45) is 0 Å². The van der Waals surface area contributed by atoms with E-state index in [4.69, 9.17) is 0 Å². The summed E-state index contributed by atoms with van der Waals surface area (Å²) in [5.41, 5.74) is -1.14. The molecule has 0 spiro atoms. The number of rotatable bonds is 7. The number of nitrogens with one attached hydrogen (secondary N) is 1. The van der Waals surface area contributed by atoms with Crippen LogP contribution in [0, 0.1) is 11.3 Å². The normalized spacial score (nSPS) is 17.9. The SMILES string of the molecule is N#Cc1c(-c2ccc(S(=O)(=O)NC3(C(F)(F)F)CC3)cn2)n(C2CCCC2)c2cc(OC(F)F)ccc12. The van der Waals surface area contributed by atoms with E-state index in [0.29, 0.717) is 16.6 Å². The molecular formula is C24H21F5N4O3S. The number of hydrogen-bond donors (Lipinski definition) is 1. The largest absolute Gasteiger partial charge is 0.435 e. The van der Waals surface area contributed by atoms with Gasteiger partial charge in [0.1, 0.15) is 22.3 Å². The van der Waals surface area contributed by atoms with E-state index >= 15 is 0 Å². The fraction of sp³-hybridized carbons (Fsp3) is 0.417. The number of ether oxygens (including phenoxy) is 1. The van der Waals surface area contributed by atoms with Gasteiger partial charge < -0.3 is 9.30 Å². The van der Waals surface area contributed by atoms with Crippen LogP contribution < -0.4 is 9.46 Å². The first-order valence-electron chi connectivity index (χ1n) is 11.6. The highest BCUT2D eigenvalue weighted by Crippen LogP contribution is 2.50. The molecule has 2 fully saturated rings. The van der Waals surface area contributed by atoms with Crippen molar-refractivity contribution in [3.8, 4) is 23.2 Å². The predicted molar refractivity (Wildman–Crippen MR) is 122 cm³/mol. The monoisotopic (exact) mass is 540 g/mol. The van der Waals surface area contributed by atoms with Crippen LogP contribution in [0.4, 0.5) is 22.0 Å².